The average Bonchev–Trinajstić information content (AvgIpc) is 2.77. The first-order chi connectivity index (χ1) is 9.04. The van der Waals surface area contributed by atoms with Crippen LogP contribution in [0.3, 0.4) is 0 Å². The van der Waals surface area contributed by atoms with Crippen molar-refractivity contribution in [1.29, 1.82) is 0 Å². The zero-order valence-corrected chi connectivity index (χ0v) is 11.3. The van der Waals surface area contributed by atoms with Gasteiger partial charge in [-0.25, -0.2) is 14.2 Å². The van der Waals surface area contributed by atoms with Crippen molar-refractivity contribution >= 4 is 17.3 Å². The van der Waals surface area contributed by atoms with Crippen molar-refractivity contribution in [2.24, 2.45) is 0 Å². The maximum absolute atomic E-state index is 14.0. The van der Waals surface area contributed by atoms with Gasteiger partial charge in [0.2, 0.25) is 0 Å². The molecule has 0 saturated heterocycles. The first kappa shape index (κ1) is 13.6. The van der Waals surface area contributed by atoms with E-state index in [1.807, 2.05) is 0 Å². The van der Waals surface area contributed by atoms with Crippen LogP contribution in [0.4, 0.5) is 4.39 Å². The van der Waals surface area contributed by atoms with Gasteiger partial charge in [-0.1, -0.05) is 12.1 Å². The van der Waals surface area contributed by atoms with Crippen LogP contribution in [-0.2, 0) is 11.3 Å². The van der Waals surface area contributed by atoms with Gasteiger partial charge in [0.05, 0.1) is 12.3 Å². The lowest BCUT2D eigenvalue weighted by molar-refractivity contribution is 0.0697. The van der Waals surface area contributed by atoms with E-state index in [1.165, 1.54) is 7.11 Å². The molecule has 19 heavy (non-hydrogen) atoms. The summed E-state index contributed by atoms with van der Waals surface area (Å²) in [7, 11) is 1.46. The Kier molecular flexibility index (Phi) is 3.92. The Morgan fingerprint density at radius 2 is 2.26 bits per heavy atom. The zero-order chi connectivity index (χ0) is 14.0. The van der Waals surface area contributed by atoms with E-state index in [0.29, 0.717) is 21.8 Å². The van der Waals surface area contributed by atoms with Gasteiger partial charge in [-0.3, -0.25) is 0 Å². The van der Waals surface area contributed by atoms with Crippen LogP contribution in [-0.4, -0.2) is 23.2 Å². The summed E-state index contributed by atoms with van der Waals surface area (Å²) in [6.07, 6.45) is 0. The summed E-state index contributed by atoms with van der Waals surface area (Å²) in [5.74, 6) is -1.46. The number of hydrogen-bond acceptors (Lipinski definition) is 4. The summed E-state index contributed by atoms with van der Waals surface area (Å²) < 4.78 is 18.9. The van der Waals surface area contributed by atoms with Crippen molar-refractivity contribution < 1.29 is 19.0 Å². The van der Waals surface area contributed by atoms with E-state index in [4.69, 9.17) is 9.84 Å². The number of aromatic nitrogens is 1. The van der Waals surface area contributed by atoms with Crippen LogP contribution < -0.4 is 0 Å². The number of hydrogen-bond donors (Lipinski definition) is 1. The van der Waals surface area contributed by atoms with E-state index in [9.17, 15) is 9.18 Å². The van der Waals surface area contributed by atoms with Crippen LogP contribution in [0.1, 0.15) is 20.9 Å². The largest absolute Gasteiger partial charge is 0.477 e. The molecule has 100 valence electrons. The quantitative estimate of drug-likeness (QED) is 0.935. The number of methoxy groups -OCH3 is 1. The number of rotatable bonds is 4. The number of ether oxygens (including phenoxy) is 1. The third-order valence-electron chi connectivity index (χ3n) is 2.59. The topological polar surface area (TPSA) is 59.4 Å². The van der Waals surface area contributed by atoms with Gasteiger partial charge in [0.1, 0.15) is 15.7 Å². The van der Waals surface area contributed by atoms with Gasteiger partial charge in [0.15, 0.2) is 0 Å². The molecule has 0 atom stereocenters. The normalized spacial score (nSPS) is 10.7. The molecule has 6 heteroatoms. The number of thiazole rings is 1. The molecule has 0 aliphatic rings. The lowest BCUT2D eigenvalue weighted by Crippen LogP contribution is -1.99. The molecule has 0 amide bonds. The number of aryl methyl sites for hydroxylation is 1. The zero-order valence-electron chi connectivity index (χ0n) is 10.4. The average molecular weight is 281 g/mol. The monoisotopic (exact) mass is 281 g/mol. The lowest BCUT2D eigenvalue weighted by atomic mass is 10.1. The molecule has 2 rings (SSSR count). The molecule has 0 bridgehead atoms. The molecular weight excluding hydrogens is 269 g/mol. The van der Waals surface area contributed by atoms with Gasteiger partial charge >= 0.3 is 5.97 Å². The molecule has 1 heterocycles. The molecule has 0 spiro atoms. The Labute approximate surface area is 113 Å². The highest BCUT2D eigenvalue weighted by Crippen LogP contribution is 2.31. The Morgan fingerprint density at radius 1 is 1.53 bits per heavy atom. The van der Waals surface area contributed by atoms with Crippen molar-refractivity contribution in [2.75, 3.05) is 7.11 Å². The minimum atomic E-state index is -1.08. The molecule has 0 saturated carbocycles. The van der Waals surface area contributed by atoms with E-state index in [2.05, 4.69) is 4.98 Å². The van der Waals surface area contributed by atoms with Gasteiger partial charge in [0, 0.05) is 12.7 Å². The van der Waals surface area contributed by atoms with E-state index in [0.717, 1.165) is 11.3 Å². The number of carboxylic acids is 1. The number of carbonyl (C=O) groups is 1. The van der Waals surface area contributed by atoms with Gasteiger partial charge in [-0.15, -0.1) is 11.3 Å². The molecule has 0 aliphatic carbocycles. The molecular formula is C13H12FNO3S. The highest BCUT2D eigenvalue weighted by molar-refractivity contribution is 7.17. The Morgan fingerprint density at radius 3 is 2.89 bits per heavy atom. The number of nitrogens with zero attached hydrogens (tertiary/aromatic N) is 1. The molecule has 1 aromatic carbocycles. The van der Waals surface area contributed by atoms with Crippen molar-refractivity contribution in [3.63, 3.8) is 0 Å². The highest BCUT2D eigenvalue weighted by Gasteiger charge is 2.20. The number of halogens is 1. The fourth-order valence-electron chi connectivity index (χ4n) is 1.68. The van der Waals surface area contributed by atoms with E-state index >= 15 is 0 Å². The summed E-state index contributed by atoms with van der Waals surface area (Å²) in [4.78, 5) is 15.4. The standard InChI is InChI=1S/C13H12FNO3S/c1-7-4-3-5-8(10(7)14)12-15-9(6-18-2)11(19-12)13(16)17/h3-5H,6H2,1-2H3,(H,16,17). The Hall–Kier alpha value is -1.79. The second-order valence-electron chi connectivity index (χ2n) is 3.97. The molecule has 1 N–H and O–H groups in total. The van der Waals surface area contributed by atoms with Crippen LogP contribution in [0.15, 0.2) is 18.2 Å². The van der Waals surface area contributed by atoms with Crippen molar-refractivity contribution in [1.82, 2.24) is 4.98 Å². The number of benzene rings is 1. The fraction of sp³-hybridized carbons (Fsp3) is 0.231. The predicted molar refractivity (Wildman–Crippen MR) is 69.9 cm³/mol. The summed E-state index contributed by atoms with van der Waals surface area (Å²) in [5.41, 5.74) is 1.13. The summed E-state index contributed by atoms with van der Waals surface area (Å²) >= 11 is 0.953. The fourth-order valence-corrected chi connectivity index (χ4v) is 2.61. The van der Waals surface area contributed by atoms with Crippen molar-refractivity contribution in [3.05, 3.63) is 40.2 Å². The smallest absolute Gasteiger partial charge is 0.347 e. The summed E-state index contributed by atoms with van der Waals surface area (Å²) in [5, 5.41) is 9.45. The number of carboxylic acid groups (broad SMARTS) is 1. The van der Waals surface area contributed by atoms with Crippen LogP contribution >= 0.6 is 11.3 Å². The minimum Gasteiger partial charge on any atom is -0.477 e. The van der Waals surface area contributed by atoms with Crippen LogP contribution in [0.25, 0.3) is 10.6 Å². The number of aromatic carboxylic acids is 1. The lowest BCUT2D eigenvalue weighted by Gasteiger charge is -2.01. The molecule has 0 fully saturated rings. The molecule has 1 aromatic heterocycles. The third kappa shape index (κ3) is 2.64. The highest BCUT2D eigenvalue weighted by atomic mass is 32.1. The predicted octanol–water partition coefficient (Wildman–Crippen LogP) is 3.10. The van der Waals surface area contributed by atoms with Gasteiger partial charge in [-0.2, -0.15) is 0 Å². The third-order valence-corrected chi connectivity index (χ3v) is 3.71. The molecule has 2 aromatic rings. The maximum atomic E-state index is 14.0. The van der Waals surface area contributed by atoms with Gasteiger partial charge < -0.3 is 9.84 Å². The van der Waals surface area contributed by atoms with Crippen LogP contribution in [0, 0.1) is 12.7 Å². The Bertz CT molecular complexity index is 624. The summed E-state index contributed by atoms with van der Waals surface area (Å²) in [6, 6.07) is 4.95. The molecule has 4 nitrogen and oxygen atoms in total. The minimum absolute atomic E-state index is 0.0813. The SMILES string of the molecule is COCc1nc(-c2cccc(C)c2F)sc1C(=O)O. The molecule has 0 radical (unpaired) electrons. The summed E-state index contributed by atoms with van der Waals surface area (Å²) in [6.45, 7) is 1.74. The Balaban J connectivity index is 2.54. The first-order valence-electron chi connectivity index (χ1n) is 5.52. The molecule has 0 unspecified atom stereocenters. The van der Waals surface area contributed by atoms with Gasteiger partial charge in [-0.05, 0) is 18.6 Å². The van der Waals surface area contributed by atoms with Crippen LogP contribution in [0.2, 0.25) is 0 Å². The van der Waals surface area contributed by atoms with Crippen LogP contribution in [0.5, 0.6) is 0 Å². The van der Waals surface area contributed by atoms with E-state index in [1.54, 1.807) is 25.1 Å². The first-order valence-corrected chi connectivity index (χ1v) is 6.33. The van der Waals surface area contributed by atoms with Crippen molar-refractivity contribution in [2.45, 2.75) is 13.5 Å². The maximum Gasteiger partial charge on any atom is 0.347 e. The molecule has 0 aliphatic heterocycles. The van der Waals surface area contributed by atoms with Gasteiger partial charge in [0.25, 0.3) is 0 Å². The van der Waals surface area contributed by atoms with Crippen molar-refractivity contribution in [3.8, 4) is 10.6 Å². The van der Waals surface area contributed by atoms with E-state index < -0.39 is 5.97 Å². The second kappa shape index (κ2) is 5.46. The second-order valence-corrected chi connectivity index (χ2v) is 4.97. The van der Waals surface area contributed by atoms with E-state index in [-0.39, 0.29) is 17.3 Å².